The van der Waals surface area contributed by atoms with Crippen molar-refractivity contribution < 1.29 is 5.11 Å². The van der Waals surface area contributed by atoms with E-state index in [1.807, 2.05) is 30.6 Å². The molecule has 152 valence electrons. The Morgan fingerprint density at radius 3 is 2.66 bits per heavy atom. The van der Waals surface area contributed by atoms with E-state index >= 15 is 0 Å². The summed E-state index contributed by atoms with van der Waals surface area (Å²) >= 11 is 0. The van der Waals surface area contributed by atoms with Crippen LogP contribution in [-0.2, 0) is 5.60 Å². The van der Waals surface area contributed by atoms with Crippen molar-refractivity contribution in [3.63, 3.8) is 0 Å². The van der Waals surface area contributed by atoms with Crippen LogP contribution in [0.5, 0.6) is 0 Å². The van der Waals surface area contributed by atoms with Gasteiger partial charge in [-0.2, -0.15) is 5.10 Å². The molecule has 3 aromatic rings. The highest BCUT2D eigenvalue weighted by atomic mass is 16.3. The van der Waals surface area contributed by atoms with Crippen LogP contribution >= 0.6 is 0 Å². The van der Waals surface area contributed by atoms with E-state index in [-0.39, 0.29) is 6.04 Å². The van der Waals surface area contributed by atoms with Crippen LogP contribution in [0.25, 0.3) is 11.0 Å². The lowest BCUT2D eigenvalue weighted by molar-refractivity contribution is -0.0756. The summed E-state index contributed by atoms with van der Waals surface area (Å²) < 4.78 is 0. The standard InChI is InChI=1S/C22H28N6O/c1-26-11-13-27(14-12-26)20-16-28(19-7-9-23-21-18(19)15-24-25-21)10-8-22(20,29)17-5-3-2-4-6-17/h2-7,9,15,20,29H,8,10-14,16H2,1H3,(H,23,24,25)/t20-,22+/m1/s1. The Labute approximate surface area is 170 Å². The average Bonchev–Trinajstić information content (AvgIpc) is 3.25. The molecule has 1 aromatic carbocycles. The number of hydrogen-bond donors (Lipinski definition) is 2. The van der Waals surface area contributed by atoms with Crippen LogP contribution in [-0.4, -0.2) is 82.4 Å². The number of benzene rings is 1. The van der Waals surface area contributed by atoms with E-state index in [0.717, 1.165) is 61.6 Å². The van der Waals surface area contributed by atoms with Gasteiger partial charge in [0.25, 0.3) is 0 Å². The Morgan fingerprint density at radius 1 is 1.07 bits per heavy atom. The van der Waals surface area contributed by atoms with Gasteiger partial charge in [0, 0.05) is 45.5 Å². The molecule has 2 N–H and O–H groups in total. The van der Waals surface area contributed by atoms with Crippen molar-refractivity contribution in [1.29, 1.82) is 0 Å². The van der Waals surface area contributed by atoms with E-state index in [9.17, 15) is 5.11 Å². The van der Waals surface area contributed by atoms with Crippen molar-refractivity contribution in [3.8, 4) is 0 Å². The number of aliphatic hydroxyl groups is 1. The highest BCUT2D eigenvalue weighted by molar-refractivity contribution is 5.88. The molecular formula is C22H28N6O. The van der Waals surface area contributed by atoms with E-state index in [0.29, 0.717) is 6.42 Å². The Kier molecular flexibility index (Phi) is 4.73. The number of hydrogen-bond acceptors (Lipinski definition) is 6. The summed E-state index contributed by atoms with van der Waals surface area (Å²) in [7, 11) is 2.17. The predicted molar refractivity (Wildman–Crippen MR) is 114 cm³/mol. The van der Waals surface area contributed by atoms with Crippen molar-refractivity contribution in [2.75, 3.05) is 51.2 Å². The van der Waals surface area contributed by atoms with Gasteiger partial charge in [-0.25, -0.2) is 4.98 Å². The summed E-state index contributed by atoms with van der Waals surface area (Å²) in [4.78, 5) is 11.6. The fraction of sp³-hybridized carbons (Fsp3) is 0.455. The summed E-state index contributed by atoms with van der Waals surface area (Å²) in [5, 5.41) is 20.1. The van der Waals surface area contributed by atoms with Crippen LogP contribution in [0.4, 0.5) is 5.69 Å². The summed E-state index contributed by atoms with van der Waals surface area (Å²) in [6.07, 6.45) is 4.37. The minimum Gasteiger partial charge on any atom is -0.383 e. The molecule has 0 aliphatic carbocycles. The summed E-state index contributed by atoms with van der Waals surface area (Å²) in [5.74, 6) is 0. The predicted octanol–water partition coefficient (Wildman–Crippen LogP) is 1.67. The van der Waals surface area contributed by atoms with Gasteiger partial charge < -0.3 is 14.9 Å². The molecule has 7 nitrogen and oxygen atoms in total. The molecule has 0 bridgehead atoms. The second-order valence-electron chi connectivity index (χ2n) is 8.30. The second kappa shape index (κ2) is 7.40. The fourth-order valence-electron chi connectivity index (χ4n) is 4.87. The summed E-state index contributed by atoms with van der Waals surface area (Å²) in [6.45, 7) is 5.58. The summed E-state index contributed by atoms with van der Waals surface area (Å²) in [6, 6.07) is 12.3. The molecule has 2 aliphatic rings. The van der Waals surface area contributed by atoms with Crippen LogP contribution in [0.2, 0.25) is 0 Å². The number of likely N-dealkylation sites (N-methyl/N-ethyl adjacent to an activating group) is 1. The molecule has 4 heterocycles. The van der Waals surface area contributed by atoms with E-state index < -0.39 is 5.60 Å². The lowest BCUT2D eigenvalue weighted by atomic mass is 9.79. The molecule has 2 atom stereocenters. The monoisotopic (exact) mass is 392 g/mol. The number of aromatic amines is 1. The van der Waals surface area contributed by atoms with Crippen LogP contribution < -0.4 is 4.90 Å². The Morgan fingerprint density at radius 2 is 1.86 bits per heavy atom. The van der Waals surface area contributed by atoms with Crippen LogP contribution in [0.1, 0.15) is 12.0 Å². The first kappa shape index (κ1) is 18.5. The third-order valence-corrected chi connectivity index (χ3v) is 6.63. The number of nitrogens with one attached hydrogen (secondary N) is 1. The molecular weight excluding hydrogens is 364 g/mol. The fourth-order valence-corrected chi connectivity index (χ4v) is 4.87. The van der Waals surface area contributed by atoms with Gasteiger partial charge in [0.2, 0.25) is 0 Å². The van der Waals surface area contributed by atoms with Gasteiger partial charge in [-0.1, -0.05) is 30.3 Å². The molecule has 2 aromatic heterocycles. The molecule has 0 saturated carbocycles. The lowest BCUT2D eigenvalue weighted by Gasteiger charge is -2.51. The molecule has 7 heteroatoms. The quantitative estimate of drug-likeness (QED) is 0.707. The maximum Gasteiger partial charge on any atom is 0.157 e. The van der Waals surface area contributed by atoms with Gasteiger partial charge in [0.15, 0.2) is 5.65 Å². The largest absolute Gasteiger partial charge is 0.383 e. The zero-order valence-electron chi connectivity index (χ0n) is 16.8. The number of piperidine rings is 1. The van der Waals surface area contributed by atoms with Crippen LogP contribution in [0, 0.1) is 0 Å². The number of pyridine rings is 1. The number of H-pyrrole nitrogens is 1. The smallest absolute Gasteiger partial charge is 0.157 e. The molecule has 2 fully saturated rings. The number of nitrogens with zero attached hydrogens (tertiary/aromatic N) is 5. The summed E-state index contributed by atoms with van der Waals surface area (Å²) in [5.41, 5.74) is 2.11. The van der Waals surface area contributed by atoms with Gasteiger partial charge in [-0.05, 0) is 25.1 Å². The van der Waals surface area contributed by atoms with Crippen LogP contribution in [0.3, 0.4) is 0 Å². The van der Waals surface area contributed by atoms with Gasteiger partial charge >= 0.3 is 0 Å². The zero-order chi connectivity index (χ0) is 19.8. The zero-order valence-corrected chi connectivity index (χ0v) is 16.8. The molecule has 2 saturated heterocycles. The van der Waals surface area contributed by atoms with E-state index in [1.165, 1.54) is 0 Å². The lowest BCUT2D eigenvalue weighted by Crippen LogP contribution is -2.63. The minimum absolute atomic E-state index is 0.0301. The van der Waals surface area contributed by atoms with Crippen molar-refractivity contribution in [3.05, 3.63) is 54.4 Å². The Hall–Kier alpha value is -2.48. The van der Waals surface area contributed by atoms with Gasteiger partial charge in [-0.15, -0.1) is 0 Å². The molecule has 5 rings (SSSR count). The van der Waals surface area contributed by atoms with Gasteiger partial charge in [0.05, 0.1) is 23.3 Å². The highest BCUT2D eigenvalue weighted by Gasteiger charge is 2.46. The molecule has 0 spiro atoms. The average molecular weight is 393 g/mol. The molecule has 0 amide bonds. The normalized spacial score (nSPS) is 26.8. The van der Waals surface area contributed by atoms with Crippen molar-refractivity contribution >= 4 is 16.7 Å². The maximum absolute atomic E-state index is 11.9. The number of piperazine rings is 1. The third kappa shape index (κ3) is 3.29. The number of fused-ring (bicyclic) bond motifs is 1. The third-order valence-electron chi connectivity index (χ3n) is 6.63. The number of aromatic nitrogens is 3. The van der Waals surface area contributed by atoms with Crippen molar-refractivity contribution in [2.24, 2.45) is 0 Å². The topological polar surface area (TPSA) is 71.5 Å². The first-order valence-electron chi connectivity index (χ1n) is 10.4. The number of anilines is 1. The van der Waals surface area contributed by atoms with E-state index in [1.54, 1.807) is 0 Å². The first-order valence-corrected chi connectivity index (χ1v) is 10.4. The van der Waals surface area contributed by atoms with Crippen LogP contribution in [0.15, 0.2) is 48.8 Å². The van der Waals surface area contributed by atoms with Crippen molar-refractivity contribution in [2.45, 2.75) is 18.1 Å². The Bertz CT molecular complexity index is 968. The first-order chi connectivity index (χ1) is 14.1. The van der Waals surface area contributed by atoms with Gasteiger partial charge in [-0.3, -0.25) is 10.00 Å². The number of rotatable bonds is 3. The van der Waals surface area contributed by atoms with E-state index in [4.69, 9.17) is 0 Å². The molecule has 29 heavy (non-hydrogen) atoms. The minimum atomic E-state index is -0.851. The molecule has 2 aliphatic heterocycles. The Balaban J connectivity index is 1.50. The molecule has 0 unspecified atom stereocenters. The van der Waals surface area contributed by atoms with Gasteiger partial charge in [0.1, 0.15) is 5.60 Å². The van der Waals surface area contributed by atoms with E-state index in [2.05, 4.69) is 55.1 Å². The van der Waals surface area contributed by atoms with Crippen molar-refractivity contribution in [1.82, 2.24) is 25.0 Å². The SMILES string of the molecule is CN1CCN([C@@H]2CN(c3ccnc4[nH]ncc34)CC[C@]2(O)c2ccccc2)CC1. The second-order valence-corrected chi connectivity index (χ2v) is 8.30. The highest BCUT2D eigenvalue weighted by Crippen LogP contribution is 2.39. The molecule has 0 radical (unpaired) electrons. The maximum atomic E-state index is 11.9.